The van der Waals surface area contributed by atoms with Gasteiger partial charge in [0.05, 0.1) is 17.2 Å². The van der Waals surface area contributed by atoms with Gasteiger partial charge in [0.2, 0.25) is 5.91 Å². The fraction of sp³-hybridized carbons (Fsp3) is 0.417. The lowest BCUT2D eigenvalue weighted by Gasteiger charge is -2.20. The van der Waals surface area contributed by atoms with Crippen molar-refractivity contribution >= 4 is 23.0 Å². The largest absolute Gasteiger partial charge is 0.376 e. The van der Waals surface area contributed by atoms with Crippen LogP contribution in [0.2, 0.25) is 0 Å². The van der Waals surface area contributed by atoms with Crippen LogP contribution >= 0.6 is 0 Å². The van der Waals surface area contributed by atoms with Crippen molar-refractivity contribution in [2.24, 2.45) is 5.84 Å². The molecule has 0 saturated heterocycles. The first-order chi connectivity index (χ1) is 9.21. The molecule has 0 spiro atoms. The number of hydrogen-bond acceptors (Lipinski definition) is 6. The van der Waals surface area contributed by atoms with Crippen LogP contribution in [0.1, 0.15) is 20.8 Å². The quantitative estimate of drug-likeness (QED) is 0.365. The van der Waals surface area contributed by atoms with Gasteiger partial charge in [-0.3, -0.25) is 20.8 Å². The van der Waals surface area contributed by atoms with Gasteiger partial charge in [-0.25, -0.2) is 0 Å². The normalized spacial score (nSPS) is 10.8. The van der Waals surface area contributed by atoms with Crippen molar-refractivity contribution in [3.8, 4) is 0 Å². The third kappa shape index (κ3) is 5.11. The number of nitro groups is 1. The number of hydrogen-bond donors (Lipinski definition) is 4. The van der Waals surface area contributed by atoms with Crippen LogP contribution in [-0.2, 0) is 4.79 Å². The monoisotopic (exact) mass is 281 g/mol. The lowest BCUT2D eigenvalue weighted by atomic mass is 10.1. The first-order valence-electron chi connectivity index (χ1n) is 6.02. The Balaban J connectivity index is 2.75. The summed E-state index contributed by atoms with van der Waals surface area (Å²) in [5, 5.41) is 16.4. The summed E-state index contributed by atoms with van der Waals surface area (Å²) >= 11 is 0. The molecule has 0 aliphatic rings. The molecule has 0 fully saturated rings. The Morgan fingerprint density at radius 2 is 1.90 bits per heavy atom. The van der Waals surface area contributed by atoms with Crippen molar-refractivity contribution in [2.75, 3.05) is 17.3 Å². The Bertz CT molecular complexity index is 510. The van der Waals surface area contributed by atoms with E-state index in [9.17, 15) is 14.9 Å². The Morgan fingerprint density at radius 3 is 2.40 bits per heavy atom. The average Bonchev–Trinajstić information content (AvgIpc) is 2.33. The number of nitrogens with zero attached hydrogens (tertiary/aromatic N) is 1. The molecule has 1 aromatic carbocycles. The molecule has 1 aromatic rings. The Kier molecular flexibility index (Phi) is 4.87. The topological polar surface area (TPSA) is 122 Å². The van der Waals surface area contributed by atoms with Crippen molar-refractivity contribution in [1.29, 1.82) is 0 Å². The van der Waals surface area contributed by atoms with E-state index in [0.29, 0.717) is 11.4 Å². The lowest BCUT2D eigenvalue weighted by molar-refractivity contribution is -0.384. The zero-order valence-corrected chi connectivity index (χ0v) is 11.7. The number of rotatable bonds is 5. The van der Waals surface area contributed by atoms with Gasteiger partial charge >= 0.3 is 0 Å². The van der Waals surface area contributed by atoms with E-state index in [2.05, 4.69) is 16.1 Å². The number of carbonyl (C=O) groups is 1. The molecule has 0 saturated carbocycles. The smallest absolute Gasteiger partial charge is 0.273 e. The van der Waals surface area contributed by atoms with Crippen LogP contribution in [0.3, 0.4) is 0 Å². The predicted molar refractivity (Wildman–Crippen MR) is 77.3 cm³/mol. The number of nitro benzene ring substituents is 1. The van der Waals surface area contributed by atoms with E-state index in [0.717, 1.165) is 0 Å². The first-order valence-corrected chi connectivity index (χ1v) is 6.02. The number of benzene rings is 1. The first kappa shape index (κ1) is 15.7. The van der Waals surface area contributed by atoms with E-state index in [-0.39, 0.29) is 23.7 Å². The molecular formula is C12H19N5O3. The molecule has 0 aromatic heterocycles. The fourth-order valence-electron chi connectivity index (χ4n) is 1.55. The number of hydrazine groups is 1. The van der Waals surface area contributed by atoms with Gasteiger partial charge in [-0.1, -0.05) is 0 Å². The van der Waals surface area contributed by atoms with E-state index in [1.54, 1.807) is 6.07 Å². The standard InChI is InChI=1S/C12H19N5O3/c1-12(2,3)15-11(18)7-14-8-4-9(16-13)6-10(5-8)17(19)20/h4-6,14,16H,7,13H2,1-3H3,(H,15,18). The molecule has 1 amide bonds. The molecule has 20 heavy (non-hydrogen) atoms. The van der Waals surface area contributed by atoms with Gasteiger partial charge in [0.1, 0.15) is 0 Å². The molecule has 0 unspecified atom stereocenters. The second kappa shape index (κ2) is 6.20. The summed E-state index contributed by atoms with van der Waals surface area (Å²) in [6, 6.07) is 4.23. The maximum absolute atomic E-state index is 11.7. The van der Waals surface area contributed by atoms with E-state index >= 15 is 0 Å². The summed E-state index contributed by atoms with van der Waals surface area (Å²) in [5.74, 6) is 5.04. The van der Waals surface area contributed by atoms with Crippen LogP contribution in [-0.4, -0.2) is 22.9 Å². The minimum Gasteiger partial charge on any atom is -0.376 e. The Hall–Kier alpha value is -2.35. The summed E-state index contributed by atoms with van der Waals surface area (Å²) in [5.41, 5.74) is 2.73. The number of nitrogens with one attached hydrogen (secondary N) is 3. The molecule has 5 N–H and O–H groups in total. The minimum absolute atomic E-state index is 0.0163. The van der Waals surface area contributed by atoms with Crippen molar-refractivity contribution in [1.82, 2.24) is 5.32 Å². The molecule has 0 aliphatic heterocycles. The number of nitrogen functional groups attached to an aromatic ring is 1. The zero-order valence-electron chi connectivity index (χ0n) is 11.7. The molecule has 0 bridgehead atoms. The molecule has 0 aliphatic carbocycles. The molecule has 110 valence electrons. The summed E-state index contributed by atoms with van der Waals surface area (Å²) in [4.78, 5) is 21.9. The number of non-ortho nitro benzene ring substituents is 1. The average molecular weight is 281 g/mol. The predicted octanol–water partition coefficient (Wildman–Crippen LogP) is 1.21. The number of nitrogens with two attached hydrogens (primary N) is 1. The van der Waals surface area contributed by atoms with Crippen LogP contribution < -0.4 is 21.9 Å². The Labute approximate surface area is 116 Å². The van der Waals surface area contributed by atoms with Crippen LogP contribution in [0.25, 0.3) is 0 Å². The van der Waals surface area contributed by atoms with Gasteiger partial charge in [0.15, 0.2) is 0 Å². The minimum atomic E-state index is -0.527. The van der Waals surface area contributed by atoms with Crippen LogP contribution in [0.15, 0.2) is 18.2 Å². The summed E-state index contributed by atoms with van der Waals surface area (Å²) < 4.78 is 0. The van der Waals surface area contributed by atoms with Crippen LogP contribution in [0.4, 0.5) is 17.1 Å². The SMILES string of the molecule is CC(C)(C)NC(=O)CNc1cc(NN)cc([N+](=O)[O-])c1. The second-order valence-corrected chi connectivity index (χ2v) is 5.32. The molecule has 1 rings (SSSR count). The third-order valence-corrected chi connectivity index (χ3v) is 2.26. The molecular weight excluding hydrogens is 262 g/mol. The van der Waals surface area contributed by atoms with E-state index in [4.69, 9.17) is 5.84 Å². The third-order valence-electron chi connectivity index (χ3n) is 2.26. The van der Waals surface area contributed by atoms with E-state index < -0.39 is 4.92 Å². The molecule has 0 atom stereocenters. The maximum Gasteiger partial charge on any atom is 0.273 e. The summed E-state index contributed by atoms with van der Waals surface area (Å²) in [6.07, 6.45) is 0. The van der Waals surface area contributed by atoms with E-state index in [1.807, 2.05) is 20.8 Å². The highest BCUT2D eigenvalue weighted by Crippen LogP contribution is 2.23. The highest BCUT2D eigenvalue weighted by molar-refractivity contribution is 5.81. The lowest BCUT2D eigenvalue weighted by Crippen LogP contribution is -2.43. The number of carbonyl (C=O) groups excluding carboxylic acids is 1. The molecule has 0 radical (unpaired) electrons. The van der Waals surface area contributed by atoms with Crippen molar-refractivity contribution in [2.45, 2.75) is 26.3 Å². The van der Waals surface area contributed by atoms with Crippen molar-refractivity contribution in [3.63, 3.8) is 0 Å². The van der Waals surface area contributed by atoms with Crippen LogP contribution in [0.5, 0.6) is 0 Å². The van der Waals surface area contributed by atoms with Gasteiger partial charge in [-0.05, 0) is 26.8 Å². The summed E-state index contributed by atoms with van der Waals surface area (Å²) in [7, 11) is 0. The Morgan fingerprint density at radius 1 is 1.30 bits per heavy atom. The highest BCUT2D eigenvalue weighted by Gasteiger charge is 2.14. The van der Waals surface area contributed by atoms with Gasteiger partial charge < -0.3 is 16.1 Å². The molecule has 8 heteroatoms. The van der Waals surface area contributed by atoms with Crippen molar-refractivity contribution in [3.05, 3.63) is 28.3 Å². The number of amides is 1. The fourth-order valence-corrected chi connectivity index (χ4v) is 1.55. The number of anilines is 2. The molecule has 0 heterocycles. The molecule has 8 nitrogen and oxygen atoms in total. The van der Waals surface area contributed by atoms with Gasteiger partial charge in [0.25, 0.3) is 5.69 Å². The maximum atomic E-state index is 11.7. The van der Waals surface area contributed by atoms with Crippen LogP contribution in [0, 0.1) is 10.1 Å². The summed E-state index contributed by atoms with van der Waals surface area (Å²) in [6.45, 7) is 5.63. The van der Waals surface area contributed by atoms with Crippen molar-refractivity contribution < 1.29 is 9.72 Å². The van der Waals surface area contributed by atoms with E-state index in [1.165, 1.54) is 12.1 Å². The second-order valence-electron chi connectivity index (χ2n) is 5.32. The van der Waals surface area contributed by atoms with Gasteiger partial charge in [-0.15, -0.1) is 0 Å². The highest BCUT2D eigenvalue weighted by atomic mass is 16.6. The van der Waals surface area contributed by atoms with Gasteiger partial charge in [0, 0.05) is 23.4 Å². The zero-order chi connectivity index (χ0) is 15.3. The van der Waals surface area contributed by atoms with Gasteiger partial charge in [-0.2, -0.15) is 0 Å².